The molecule has 0 spiro atoms. The lowest BCUT2D eigenvalue weighted by atomic mass is 9.92. The van der Waals surface area contributed by atoms with Crippen molar-refractivity contribution < 1.29 is 43.0 Å². The number of ether oxygens (including phenoxy) is 1. The van der Waals surface area contributed by atoms with Crippen LogP contribution in [-0.4, -0.2) is 140 Å². The molecule has 0 radical (unpaired) electrons. The number of nitrogens with zero attached hydrogens (tertiary/aromatic N) is 7. The molecule has 2 atom stereocenters. The van der Waals surface area contributed by atoms with Crippen molar-refractivity contribution in [3.63, 3.8) is 0 Å². The maximum absolute atomic E-state index is 13.3. The third kappa shape index (κ3) is 11.4. The molecular formula is C53H62N12O9. The highest BCUT2D eigenvalue weighted by molar-refractivity contribution is 6.25. The summed E-state index contributed by atoms with van der Waals surface area (Å²) in [5.41, 5.74) is 2.55. The number of hydrogen-bond donors (Lipinski definition) is 6. The molecular weight excluding hydrogens is 949 g/mol. The van der Waals surface area contributed by atoms with Crippen LogP contribution in [0.2, 0.25) is 0 Å². The Hall–Kier alpha value is -7.62. The number of nitrogens with one attached hydrogen (secondary N) is 5. The lowest BCUT2D eigenvalue weighted by Crippen LogP contribution is -2.54. The van der Waals surface area contributed by atoms with Crippen LogP contribution < -0.4 is 26.6 Å². The van der Waals surface area contributed by atoms with Gasteiger partial charge in [-0.3, -0.25) is 39.1 Å². The standard InChI is InChI=1S/C53H62N12O9/c1-52(2)38-29-34(18-19-35(38)50(72)74-52)57-51-56-30-37(45(59-51)60-53(3,32-66)33-13-7-6-8-14-33)47-62-61-43(73-47)17-12-24-63-25-27-64(28-26-63)31-42(68)55-23-10-5-4-9-22-54-39-16-11-15-36-44(39)49(71)65(48(36)70)40-20-21-41(67)58-46(40)69/h6-8,11,13-16,18-19,29-30,40,54,66H,4-5,9-10,12,17,20-28,31-32H2,1-3H3,(H,55,68)(H,58,67,69)(H2,56,57,59,60)/t40?,53-/m0/s1. The topological polar surface area (TPSA) is 266 Å². The van der Waals surface area contributed by atoms with E-state index in [0.29, 0.717) is 60.3 Å². The number of amides is 5. The van der Waals surface area contributed by atoms with Gasteiger partial charge in [0, 0.05) is 75.2 Å². The molecule has 5 aromatic rings. The number of hydrogen-bond acceptors (Lipinski definition) is 18. The van der Waals surface area contributed by atoms with Crippen LogP contribution in [0, 0.1) is 0 Å². The molecule has 6 heterocycles. The number of rotatable bonds is 22. The summed E-state index contributed by atoms with van der Waals surface area (Å²) >= 11 is 0. The van der Waals surface area contributed by atoms with E-state index in [9.17, 15) is 33.9 Å². The molecule has 4 aliphatic heterocycles. The largest absolute Gasteiger partial charge is 0.451 e. The van der Waals surface area contributed by atoms with Gasteiger partial charge in [-0.05, 0) is 88.9 Å². The molecule has 0 aliphatic carbocycles. The van der Waals surface area contributed by atoms with Crippen LogP contribution in [0.25, 0.3) is 11.5 Å². The van der Waals surface area contributed by atoms with Gasteiger partial charge in [0.25, 0.3) is 17.7 Å². The smallest absolute Gasteiger partial charge is 0.339 e. The van der Waals surface area contributed by atoms with Gasteiger partial charge in [0.15, 0.2) is 0 Å². The van der Waals surface area contributed by atoms with Gasteiger partial charge < -0.3 is 40.4 Å². The predicted octanol–water partition coefficient (Wildman–Crippen LogP) is 4.74. The number of aliphatic hydroxyl groups is 1. The maximum Gasteiger partial charge on any atom is 0.339 e. The molecule has 1 unspecified atom stereocenters. The van der Waals surface area contributed by atoms with Gasteiger partial charge in [0.2, 0.25) is 29.6 Å². The van der Waals surface area contributed by atoms with Gasteiger partial charge in [0.1, 0.15) is 17.5 Å². The molecule has 388 valence electrons. The van der Waals surface area contributed by atoms with E-state index in [1.54, 1.807) is 36.5 Å². The molecule has 4 aliphatic rings. The number of piperazine rings is 1. The zero-order chi connectivity index (χ0) is 52.0. The number of aromatic nitrogens is 4. The second-order valence-electron chi connectivity index (χ2n) is 19.8. The number of carbonyl (C=O) groups excluding carboxylic acids is 6. The van der Waals surface area contributed by atoms with Crippen LogP contribution in [0.4, 0.5) is 23.1 Å². The quantitative estimate of drug-likeness (QED) is 0.0311. The van der Waals surface area contributed by atoms with Crippen LogP contribution in [0.3, 0.4) is 0 Å². The number of piperidine rings is 1. The lowest BCUT2D eigenvalue weighted by molar-refractivity contribution is -0.136. The third-order valence-electron chi connectivity index (χ3n) is 14.0. The number of benzene rings is 3. The first kappa shape index (κ1) is 51.3. The number of esters is 1. The van der Waals surface area contributed by atoms with Crippen molar-refractivity contribution in [3.05, 3.63) is 107 Å². The number of fused-ring (bicyclic) bond motifs is 2. The molecule has 6 N–H and O–H groups in total. The number of cyclic esters (lactones) is 1. The number of unbranched alkanes of at least 4 members (excludes halogenated alkanes) is 3. The Morgan fingerprint density at radius 2 is 1.64 bits per heavy atom. The number of anilines is 4. The van der Waals surface area contributed by atoms with Gasteiger partial charge in [-0.25, -0.2) is 9.78 Å². The molecule has 74 heavy (non-hydrogen) atoms. The van der Waals surface area contributed by atoms with Crippen LogP contribution in [0.5, 0.6) is 0 Å². The van der Waals surface area contributed by atoms with Crippen molar-refractivity contribution in [1.29, 1.82) is 0 Å². The molecule has 3 aromatic carbocycles. The third-order valence-corrected chi connectivity index (χ3v) is 14.0. The van der Waals surface area contributed by atoms with Crippen molar-refractivity contribution in [1.82, 2.24) is 45.5 Å². The van der Waals surface area contributed by atoms with Crippen molar-refractivity contribution in [2.75, 3.05) is 74.9 Å². The molecule has 2 fully saturated rings. The first-order valence-electron chi connectivity index (χ1n) is 25.3. The maximum atomic E-state index is 13.3. The lowest BCUT2D eigenvalue weighted by Gasteiger charge is -2.34. The van der Waals surface area contributed by atoms with Gasteiger partial charge in [0.05, 0.1) is 40.9 Å². The van der Waals surface area contributed by atoms with Gasteiger partial charge in [-0.2, -0.15) is 4.98 Å². The van der Waals surface area contributed by atoms with E-state index in [1.165, 1.54) is 0 Å². The highest BCUT2D eigenvalue weighted by Crippen LogP contribution is 2.39. The number of aliphatic hydroxyl groups excluding tert-OH is 1. The second-order valence-corrected chi connectivity index (χ2v) is 19.8. The van der Waals surface area contributed by atoms with Crippen molar-refractivity contribution in [3.8, 4) is 11.5 Å². The Morgan fingerprint density at radius 3 is 2.41 bits per heavy atom. The zero-order valence-corrected chi connectivity index (χ0v) is 41.9. The number of imide groups is 2. The van der Waals surface area contributed by atoms with E-state index in [-0.39, 0.29) is 54.3 Å². The Labute approximate surface area is 428 Å². The fourth-order valence-corrected chi connectivity index (χ4v) is 9.80. The van der Waals surface area contributed by atoms with Crippen LogP contribution in [0.15, 0.2) is 77.3 Å². The van der Waals surface area contributed by atoms with E-state index >= 15 is 0 Å². The van der Waals surface area contributed by atoms with Crippen LogP contribution in [-0.2, 0) is 36.7 Å². The molecule has 0 saturated carbocycles. The molecule has 21 nitrogen and oxygen atoms in total. The summed E-state index contributed by atoms with van der Waals surface area (Å²) in [6, 6.07) is 18.9. The average molecular weight is 1010 g/mol. The van der Waals surface area contributed by atoms with Gasteiger partial charge >= 0.3 is 5.97 Å². The van der Waals surface area contributed by atoms with Crippen LogP contribution >= 0.6 is 0 Å². The summed E-state index contributed by atoms with van der Waals surface area (Å²) in [5.74, 6) is -1.15. The van der Waals surface area contributed by atoms with E-state index in [0.717, 1.165) is 80.9 Å². The summed E-state index contributed by atoms with van der Waals surface area (Å²) in [4.78, 5) is 90.7. The Bertz CT molecular complexity index is 2920. The first-order valence-corrected chi connectivity index (χ1v) is 25.3. The molecule has 2 aromatic heterocycles. The van der Waals surface area contributed by atoms with Crippen molar-refractivity contribution in [2.24, 2.45) is 0 Å². The number of aryl methyl sites for hydroxylation is 1. The summed E-state index contributed by atoms with van der Waals surface area (Å²) in [6.45, 7) is 10.9. The number of carbonyl (C=O) groups is 6. The van der Waals surface area contributed by atoms with Crippen LogP contribution in [0.1, 0.15) is 114 Å². The van der Waals surface area contributed by atoms with E-state index in [2.05, 4.69) is 51.6 Å². The molecule has 0 bridgehead atoms. The Morgan fingerprint density at radius 1 is 0.865 bits per heavy atom. The molecule has 21 heteroatoms. The highest BCUT2D eigenvalue weighted by Gasteiger charge is 2.46. The first-order chi connectivity index (χ1) is 35.7. The zero-order valence-electron chi connectivity index (χ0n) is 41.9. The van der Waals surface area contributed by atoms with E-state index in [4.69, 9.17) is 14.1 Å². The molecule has 5 amide bonds. The minimum absolute atomic E-state index is 0.00370. The minimum atomic E-state index is -1.01. The average Bonchev–Trinajstić information content (AvgIpc) is 4.04. The SMILES string of the molecule is CC1(C)OC(=O)c2ccc(Nc3ncc(-c4nnc(CCCN5CCN(CC(=O)NCCCCCCNc6cccc7c6C(=O)N(C6CCC(=O)NC6=O)C7=O)CC5)o4)c(N[C@@](C)(CO)c4ccccc4)n3)cc21. The molecule has 9 rings (SSSR count). The monoisotopic (exact) mass is 1010 g/mol. The highest BCUT2D eigenvalue weighted by atomic mass is 16.6. The van der Waals surface area contributed by atoms with E-state index < -0.39 is 40.8 Å². The Kier molecular flexibility index (Phi) is 15.4. The van der Waals surface area contributed by atoms with Crippen molar-refractivity contribution >= 4 is 58.6 Å². The van der Waals surface area contributed by atoms with Gasteiger partial charge in [-0.1, -0.05) is 49.2 Å². The summed E-state index contributed by atoms with van der Waals surface area (Å²) in [6.07, 6.45) is 6.58. The fourth-order valence-electron chi connectivity index (χ4n) is 9.80. The molecule has 2 saturated heterocycles. The van der Waals surface area contributed by atoms with Gasteiger partial charge in [-0.15, -0.1) is 10.2 Å². The minimum Gasteiger partial charge on any atom is -0.451 e. The van der Waals surface area contributed by atoms with Crippen molar-refractivity contribution in [2.45, 2.75) is 89.3 Å². The predicted molar refractivity (Wildman–Crippen MR) is 272 cm³/mol. The fraction of sp³-hybridized carbons (Fsp3) is 0.434. The Balaban J connectivity index is 0.690. The van der Waals surface area contributed by atoms with E-state index in [1.807, 2.05) is 57.2 Å². The second kappa shape index (κ2) is 22.2. The summed E-state index contributed by atoms with van der Waals surface area (Å²) in [5, 5.41) is 34.6. The summed E-state index contributed by atoms with van der Waals surface area (Å²) < 4.78 is 11.7. The normalized spacial score (nSPS) is 18.4. The summed E-state index contributed by atoms with van der Waals surface area (Å²) in [7, 11) is 0.